The van der Waals surface area contributed by atoms with Crippen molar-refractivity contribution in [1.29, 1.82) is 0 Å². The van der Waals surface area contributed by atoms with Crippen molar-refractivity contribution in [3.05, 3.63) is 64.4 Å². The molecule has 1 aromatic carbocycles. The third-order valence-corrected chi connectivity index (χ3v) is 4.52. The van der Waals surface area contributed by atoms with Gasteiger partial charge in [-0.05, 0) is 37.6 Å². The maximum atomic E-state index is 13.3. The van der Waals surface area contributed by atoms with Gasteiger partial charge in [-0.25, -0.2) is 9.37 Å². The molecule has 1 fully saturated rings. The van der Waals surface area contributed by atoms with Gasteiger partial charge in [-0.3, -0.25) is 9.69 Å². The summed E-state index contributed by atoms with van der Waals surface area (Å²) in [5, 5.41) is 8.09. The molecule has 4 rings (SSSR count). The van der Waals surface area contributed by atoms with E-state index in [1.54, 1.807) is 18.2 Å². The van der Waals surface area contributed by atoms with E-state index in [0.29, 0.717) is 23.9 Å². The van der Waals surface area contributed by atoms with Gasteiger partial charge in [-0.15, -0.1) is 10.2 Å². The van der Waals surface area contributed by atoms with E-state index in [0.717, 1.165) is 31.6 Å². The monoisotopic (exact) mass is 355 g/mol. The Balaban J connectivity index is 1.45. The summed E-state index contributed by atoms with van der Waals surface area (Å²) in [6, 6.07) is 7.64. The molecule has 1 aliphatic heterocycles. The van der Waals surface area contributed by atoms with Crippen LogP contribution >= 0.6 is 0 Å². The highest BCUT2D eigenvalue weighted by Gasteiger charge is 2.24. The highest BCUT2D eigenvalue weighted by Crippen LogP contribution is 2.26. The first-order valence-corrected chi connectivity index (χ1v) is 8.53. The van der Waals surface area contributed by atoms with Crippen molar-refractivity contribution in [2.45, 2.75) is 25.3 Å². The van der Waals surface area contributed by atoms with Crippen LogP contribution in [0.3, 0.4) is 0 Å². The number of H-pyrrole nitrogens is 1. The van der Waals surface area contributed by atoms with Crippen molar-refractivity contribution in [1.82, 2.24) is 25.1 Å². The molecule has 0 bridgehead atoms. The van der Waals surface area contributed by atoms with Crippen LogP contribution in [0.1, 0.15) is 30.3 Å². The lowest BCUT2D eigenvalue weighted by atomic mass is 9.94. The number of nitrogens with zero attached hydrogens (tertiary/aromatic N) is 4. The predicted octanol–water partition coefficient (Wildman–Crippen LogP) is 2.34. The van der Waals surface area contributed by atoms with Crippen LogP contribution in [-0.4, -0.2) is 38.2 Å². The van der Waals surface area contributed by atoms with Gasteiger partial charge in [0.15, 0.2) is 0 Å². The Kier molecular flexibility index (Phi) is 4.57. The molecule has 7 nitrogen and oxygen atoms in total. The zero-order valence-corrected chi connectivity index (χ0v) is 14.1. The zero-order chi connectivity index (χ0) is 17.9. The Labute approximate surface area is 148 Å². The van der Waals surface area contributed by atoms with Gasteiger partial charge < -0.3 is 9.40 Å². The normalized spacial score (nSPS) is 18.1. The fourth-order valence-corrected chi connectivity index (χ4v) is 3.29. The van der Waals surface area contributed by atoms with Gasteiger partial charge in [0.2, 0.25) is 11.8 Å². The van der Waals surface area contributed by atoms with Crippen LogP contribution in [0.4, 0.5) is 4.39 Å². The van der Waals surface area contributed by atoms with E-state index in [1.165, 1.54) is 18.5 Å². The Hall–Kier alpha value is -2.87. The van der Waals surface area contributed by atoms with E-state index < -0.39 is 0 Å². The summed E-state index contributed by atoms with van der Waals surface area (Å²) >= 11 is 0. The van der Waals surface area contributed by atoms with Crippen molar-refractivity contribution in [2.75, 3.05) is 13.1 Å². The van der Waals surface area contributed by atoms with Gasteiger partial charge in [0.05, 0.1) is 18.6 Å². The molecule has 26 heavy (non-hydrogen) atoms. The Morgan fingerprint density at radius 3 is 3.08 bits per heavy atom. The molecule has 134 valence electrons. The number of nitrogens with one attached hydrogen (secondary N) is 1. The number of hydrogen-bond acceptors (Lipinski definition) is 6. The molecule has 8 heteroatoms. The summed E-state index contributed by atoms with van der Waals surface area (Å²) in [6.45, 7) is 2.20. The molecular weight excluding hydrogens is 337 g/mol. The van der Waals surface area contributed by atoms with Gasteiger partial charge >= 0.3 is 0 Å². The number of rotatable bonds is 4. The quantitative estimate of drug-likeness (QED) is 0.773. The molecule has 3 heterocycles. The minimum absolute atomic E-state index is 0.135. The van der Waals surface area contributed by atoms with Gasteiger partial charge in [-0.2, -0.15) is 0 Å². The second kappa shape index (κ2) is 7.17. The first-order chi connectivity index (χ1) is 12.7. The van der Waals surface area contributed by atoms with Crippen LogP contribution in [0.2, 0.25) is 0 Å². The average molecular weight is 355 g/mol. The first-order valence-electron chi connectivity index (χ1n) is 8.53. The highest BCUT2D eigenvalue weighted by molar-refractivity contribution is 5.52. The van der Waals surface area contributed by atoms with Crippen LogP contribution in [0.25, 0.3) is 11.5 Å². The van der Waals surface area contributed by atoms with Crippen LogP contribution in [-0.2, 0) is 6.54 Å². The number of hydrogen-bond donors (Lipinski definition) is 1. The summed E-state index contributed by atoms with van der Waals surface area (Å²) in [5.41, 5.74) is 1.24. The van der Waals surface area contributed by atoms with Crippen molar-refractivity contribution in [3.63, 3.8) is 0 Å². The standard InChI is InChI=1S/C18H18FN5O2/c19-14-5-1-3-12(7-14)18-23-22-17(26-18)10-24-6-2-4-13(9-24)15-8-16(25)21-11-20-15/h1,3,5,7-8,11,13H,2,4,6,9-10H2,(H,20,21,25)/t13-/m0/s1. The minimum Gasteiger partial charge on any atom is -0.419 e. The molecule has 3 aromatic rings. The summed E-state index contributed by atoms with van der Waals surface area (Å²) in [7, 11) is 0. The molecule has 0 amide bonds. The summed E-state index contributed by atoms with van der Waals surface area (Å²) < 4.78 is 19.0. The second-order valence-corrected chi connectivity index (χ2v) is 6.42. The number of benzene rings is 1. The third kappa shape index (κ3) is 3.70. The molecule has 0 spiro atoms. The van der Waals surface area contributed by atoms with Crippen LogP contribution in [0.15, 0.2) is 45.9 Å². The summed E-state index contributed by atoms with van der Waals surface area (Å²) in [5.74, 6) is 0.663. The van der Waals surface area contributed by atoms with Gasteiger partial charge in [-0.1, -0.05) is 6.07 Å². The lowest BCUT2D eigenvalue weighted by Crippen LogP contribution is -2.34. The maximum Gasteiger partial charge on any atom is 0.250 e. The van der Waals surface area contributed by atoms with Crippen LogP contribution in [0, 0.1) is 5.82 Å². The number of aromatic nitrogens is 4. The molecule has 0 unspecified atom stereocenters. The largest absolute Gasteiger partial charge is 0.419 e. The molecule has 0 aliphatic carbocycles. The van der Waals surface area contributed by atoms with Crippen LogP contribution in [0.5, 0.6) is 0 Å². The third-order valence-electron chi connectivity index (χ3n) is 4.52. The van der Waals surface area contributed by atoms with E-state index in [2.05, 4.69) is 25.1 Å². The van der Waals surface area contributed by atoms with Crippen LogP contribution < -0.4 is 5.56 Å². The Bertz CT molecular complexity index is 954. The van der Waals surface area contributed by atoms with E-state index in [1.807, 2.05) is 0 Å². The smallest absolute Gasteiger partial charge is 0.250 e. The lowest BCUT2D eigenvalue weighted by Gasteiger charge is -2.31. The van der Waals surface area contributed by atoms with E-state index in [9.17, 15) is 9.18 Å². The fraction of sp³-hybridized carbons (Fsp3) is 0.333. The number of halogens is 1. The van der Waals surface area contributed by atoms with Crippen molar-refractivity contribution in [3.8, 4) is 11.5 Å². The molecule has 0 radical (unpaired) electrons. The highest BCUT2D eigenvalue weighted by atomic mass is 19.1. The fourth-order valence-electron chi connectivity index (χ4n) is 3.29. The van der Waals surface area contributed by atoms with Crippen molar-refractivity contribution >= 4 is 0 Å². The molecule has 1 N–H and O–H groups in total. The van der Waals surface area contributed by atoms with Gasteiger partial charge in [0.25, 0.3) is 5.56 Å². The second-order valence-electron chi connectivity index (χ2n) is 6.42. The van der Waals surface area contributed by atoms with Gasteiger partial charge in [0, 0.05) is 24.1 Å². The minimum atomic E-state index is -0.341. The summed E-state index contributed by atoms with van der Waals surface area (Å²) in [4.78, 5) is 20.5. The molecular formula is C18H18FN5O2. The van der Waals surface area contributed by atoms with Crippen molar-refractivity contribution in [2.24, 2.45) is 0 Å². The molecule has 0 saturated carbocycles. The van der Waals surface area contributed by atoms with E-state index in [4.69, 9.17) is 4.42 Å². The van der Waals surface area contributed by atoms with Gasteiger partial charge in [0.1, 0.15) is 5.82 Å². The number of piperidine rings is 1. The van der Waals surface area contributed by atoms with E-state index >= 15 is 0 Å². The lowest BCUT2D eigenvalue weighted by molar-refractivity contribution is 0.182. The Morgan fingerprint density at radius 2 is 2.23 bits per heavy atom. The molecule has 2 aromatic heterocycles. The number of aromatic amines is 1. The first kappa shape index (κ1) is 16.6. The maximum absolute atomic E-state index is 13.3. The topological polar surface area (TPSA) is 87.9 Å². The molecule has 1 aliphatic rings. The summed E-state index contributed by atoms with van der Waals surface area (Å²) in [6.07, 6.45) is 3.44. The van der Waals surface area contributed by atoms with E-state index in [-0.39, 0.29) is 17.3 Å². The molecule has 1 saturated heterocycles. The average Bonchev–Trinajstić information content (AvgIpc) is 3.10. The molecule has 1 atom stereocenters. The SMILES string of the molecule is O=c1cc([C@H]2CCCN(Cc3nnc(-c4cccc(F)c4)o3)C2)nc[nH]1. The van der Waals surface area contributed by atoms with Crippen molar-refractivity contribution < 1.29 is 8.81 Å². The number of likely N-dealkylation sites (tertiary alicyclic amines) is 1. The zero-order valence-electron chi connectivity index (χ0n) is 14.1. The Morgan fingerprint density at radius 1 is 1.31 bits per heavy atom. The predicted molar refractivity (Wildman–Crippen MR) is 91.8 cm³/mol.